The van der Waals surface area contributed by atoms with E-state index in [2.05, 4.69) is 32.7 Å². The highest BCUT2D eigenvalue weighted by atomic mass is 32.1. The highest BCUT2D eigenvalue weighted by Crippen LogP contribution is 2.27. The molecule has 2 heterocycles. The second kappa shape index (κ2) is 8.71. The number of aromatic nitrogens is 1. The van der Waals surface area contributed by atoms with Crippen LogP contribution in [-0.2, 0) is 22.6 Å². The van der Waals surface area contributed by atoms with Crippen LogP contribution in [0, 0.1) is 0 Å². The van der Waals surface area contributed by atoms with Gasteiger partial charge in [0.15, 0.2) is 5.13 Å². The number of anilines is 2. The van der Waals surface area contributed by atoms with Crippen LogP contribution in [0.15, 0.2) is 42.5 Å². The van der Waals surface area contributed by atoms with E-state index >= 15 is 0 Å². The van der Waals surface area contributed by atoms with E-state index in [9.17, 15) is 9.59 Å². The Bertz CT molecular complexity index is 1040. The number of amides is 2. The Morgan fingerprint density at radius 3 is 2.69 bits per heavy atom. The van der Waals surface area contributed by atoms with Gasteiger partial charge in [0.25, 0.3) is 0 Å². The van der Waals surface area contributed by atoms with Crippen LogP contribution in [-0.4, -0.2) is 34.8 Å². The monoisotopic (exact) mass is 408 g/mol. The lowest BCUT2D eigenvalue weighted by Crippen LogP contribution is -2.19. The van der Waals surface area contributed by atoms with Gasteiger partial charge in [0.2, 0.25) is 11.8 Å². The molecule has 3 aromatic rings. The predicted octanol–water partition coefficient (Wildman–Crippen LogP) is 4.03. The third-order valence-corrected chi connectivity index (χ3v) is 5.85. The quantitative estimate of drug-likeness (QED) is 0.646. The standard InChI is InChI=1S/C22H24N4O2S/c1-15(27)23-22-25-19-8-7-16(12-20(19)29-22)13-21(28)24-18-6-4-5-17(11-18)14-26-9-2-3-10-26/h4-8,11-12H,2-3,9-10,13-14H2,1H3,(H,24,28)(H,23,25,27). The lowest BCUT2D eigenvalue weighted by atomic mass is 10.1. The SMILES string of the molecule is CC(=O)Nc1nc2ccc(CC(=O)Nc3cccc(CN4CCCC4)c3)cc2s1. The summed E-state index contributed by atoms with van der Waals surface area (Å²) in [4.78, 5) is 30.5. The van der Waals surface area contributed by atoms with Gasteiger partial charge in [-0.2, -0.15) is 0 Å². The van der Waals surface area contributed by atoms with Crippen LogP contribution >= 0.6 is 11.3 Å². The molecule has 2 N–H and O–H groups in total. The molecule has 4 rings (SSSR count). The molecule has 0 bridgehead atoms. The maximum Gasteiger partial charge on any atom is 0.228 e. The van der Waals surface area contributed by atoms with E-state index in [-0.39, 0.29) is 11.8 Å². The average Bonchev–Trinajstić information content (AvgIpc) is 3.30. The number of thiazole rings is 1. The number of nitrogens with one attached hydrogen (secondary N) is 2. The highest BCUT2D eigenvalue weighted by Gasteiger charge is 2.13. The van der Waals surface area contributed by atoms with Crippen molar-refractivity contribution >= 4 is 44.2 Å². The number of hydrogen-bond acceptors (Lipinski definition) is 5. The van der Waals surface area contributed by atoms with E-state index in [4.69, 9.17) is 0 Å². The number of likely N-dealkylation sites (tertiary alicyclic amines) is 1. The van der Waals surface area contributed by atoms with Crippen LogP contribution in [0.5, 0.6) is 0 Å². The second-order valence-electron chi connectivity index (χ2n) is 7.41. The molecular weight excluding hydrogens is 384 g/mol. The normalized spacial score (nSPS) is 14.2. The Morgan fingerprint density at radius 1 is 1.07 bits per heavy atom. The molecular formula is C22H24N4O2S. The van der Waals surface area contributed by atoms with Gasteiger partial charge in [-0.15, -0.1) is 0 Å². The lowest BCUT2D eigenvalue weighted by molar-refractivity contribution is -0.116. The summed E-state index contributed by atoms with van der Waals surface area (Å²) in [7, 11) is 0. The summed E-state index contributed by atoms with van der Waals surface area (Å²) in [5.74, 6) is -0.190. The summed E-state index contributed by atoms with van der Waals surface area (Å²) < 4.78 is 0.951. The van der Waals surface area contributed by atoms with Crippen molar-refractivity contribution in [3.05, 3.63) is 53.6 Å². The predicted molar refractivity (Wildman–Crippen MR) is 117 cm³/mol. The van der Waals surface area contributed by atoms with E-state index in [1.165, 1.54) is 36.7 Å². The summed E-state index contributed by atoms with van der Waals surface area (Å²) in [6.07, 6.45) is 2.83. The van der Waals surface area contributed by atoms with Crippen LogP contribution in [0.3, 0.4) is 0 Å². The zero-order valence-electron chi connectivity index (χ0n) is 16.4. The summed E-state index contributed by atoms with van der Waals surface area (Å²) in [5, 5.41) is 6.29. The van der Waals surface area contributed by atoms with Gasteiger partial charge in [-0.05, 0) is 61.3 Å². The lowest BCUT2D eigenvalue weighted by Gasteiger charge is -2.15. The van der Waals surface area contributed by atoms with E-state index in [0.29, 0.717) is 11.6 Å². The van der Waals surface area contributed by atoms with Crippen molar-refractivity contribution in [1.82, 2.24) is 9.88 Å². The zero-order chi connectivity index (χ0) is 20.2. The van der Waals surface area contributed by atoms with E-state index < -0.39 is 0 Å². The third kappa shape index (κ3) is 5.19. The van der Waals surface area contributed by atoms with Gasteiger partial charge in [0.05, 0.1) is 16.6 Å². The first kappa shape index (κ1) is 19.5. The first-order valence-electron chi connectivity index (χ1n) is 9.83. The fourth-order valence-corrected chi connectivity index (χ4v) is 4.60. The van der Waals surface area contributed by atoms with Gasteiger partial charge in [0, 0.05) is 19.2 Å². The van der Waals surface area contributed by atoms with Crippen molar-refractivity contribution < 1.29 is 9.59 Å². The van der Waals surface area contributed by atoms with Crippen LogP contribution in [0.25, 0.3) is 10.2 Å². The molecule has 1 aliphatic rings. The number of hydrogen-bond donors (Lipinski definition) is 2. The number of benzene rings is 2. The Kier molecular flexibility index (Phi) is 5.87. The Hall–Kier alpha value is -2.77. The van der Waals surface area contributed by atoms with E-state index in [0.717, 1.165) is 41.1 Å². The molecule has 29 heavy (non-hydrogen) atoms. The minimum atomic E-state index is -0.143. The van der Waals surface area contributed by atoms with Gasteiger partial charge in [0.1, 0.15) is 0 Å². The Labute approximate surface area is 173 Å². The molecule has 6 nitrogen and oxygen atoms in total. The van der Waals surface area contributed by atoms with Gasteiger partial charge < -0.3 is 10.6 Å². The highest BCUT2D eigenvalue weighted by molar-refractivity contribution is 7.22. The van der Waals surface area contributed by atoms with Crippen molar-refractivity contribution in [2.75, 3.05) is 23.7 Å². The molecule has 7 heteroatoms. The van der Waals surface area contributed by atoms with E-state index in [1.54, 1.807) is 0 Å². The van der Waals surface area contributed by atoms with Crippen molar-refractivity contribution in [3.63, 3.8) is 0 Å². The summed E-state index contributed by atoms with van der Waals surface area (Å²) in [6.45, 7) is 4.70. The molecule has 2 aromatic carbocycles. The third-order valence-electron chi connectivity index (χ3n) is 4.92. The first-order valence-corrected chi connectivity index (χ1v) is 10.6. The molecule has 0 radical (unpaired) electrons. The van der Waals surface area contributed by atoms with Crippen LogP contribution in [0.1, 0.15) is 30.9 Å². The number of carbonyl (C=O) groups is 2. The van der Waals surface area contributed by atoms with Crippen molar-refractivity contribution in [2.24, 2.45) is 0 Å². The summed E-state index contributed by atoms with van der Waals surface area (Å²) in [5.41, 5.74) is 3.79. The molecule has 0 atom stereocenters. The molecule has 2 amide bonds. The van der Waals surface area contributed by atoms with Gasteiger partial charge in [-0.1, -0.05) is 29.5 Å². The molecule has 0 saturated carbocycles. The fraction of sp³-hybridized carbons (Fsp3) is 0.318. The van der Waals surface area contributed by atoms with Crippen LogP contribution in [0.4, 0.5) is 10.8 Å². The molecule has 1 aromatic heterocycles. The average molecular weight is 409 g/mol. The van der Waals surface area contributed by atoms with Crippen LogP contribution in [0.2, 0.25) is 0 Å². The summed E-state index contributed by atoms with van der Waals surface area (Å²) >= 11 is 1.41. The molecule has 1 saturated heterocycles. The molecule has 150 valence electrons. The number of rotatable bonds is 6. The topological polar surface area (TPSA) is 74.3 Å². The maximum atomic E-state index is 12.5. The molecule has 0 aliphatic carbocycles. The smallest absolute Gasteiger partial charge is 0.228 e. The number of nitrogens with zero attached hydrogens (tertiary/aromatic N) is 2. The molecule has 1 fully saturated rings. The largest absolute Gasteiger partial charge is 0.326 e. The molecule has 0 unspecified atom stereocenters. The van der Waals surface area contributed by atoms with Gasteiger partial charge in [-0.3, -0.25) is 14.5 Å². The molecule has 1 aliphatic heterocycles. The van der Waals surface area contributed by atoms with Gasteiger partial charge >= 0.3 is 0 Å². The van der Waals surface area contributed by atoms with Gasteiger partial charge in [-0.25, -0.2) is 4.98 Å². The minimum Gasteiger partial charge on any atom is -0.326 e. The maximum absolute atomic E-state index is 12.5. The Balaban J connectivity index is 1.39. The van der Waals surface area contributed by atoms with Crippen LogP contribution < -0.4 is 10.6 Å². The van der Waals surface area contributed by atoms with Crippen molar-refractivity contribution in [3.8, 4) is 0 Å². The van der Waals surface area contributed by atoms with Crippen molar-refractivity contribution in [1.29, 1.82) is 0 Å². The Morgan fingerprint density at radius 2 is 1.90 bits per heavy atom. The number of fused-ring (bicyclic) bond motifs is 1. The molecule has 0 spiro atoms. The minimum absolute atomic E-state index is 0.0470. The fourth-order valence-electron chi connectivity index (χ4n) is 3.62. The zero-order valence-corrected chi connectivity index (χ0v) is 17.2. The number of carbonyl (C=O) groups excluding carboxylic acids is 2. The summed E-state index contributed by atoms with van der Waals surface area (Å²) in [6, 6.07) is 13.8. The second-order valence-corrected chi connectivity index (χ2v) is 8.44. The van der Waals surface area contributed by atoms with Crippen molar-refractivity contribution in [2.45, 2.75) is 32.7 Å². The first-order chi connectivity index (χ1) is 14.0. The van der Waals surface area contributed by atoms with E-state index in [1.807, 2.05) is 30.3 Å².